The van der Waals surface area contributed by atoms with E-state index in [0.29, 0.717) is 23.3 Å². The summed E-state index contributed by atoms with van der Waals surface area (Å²) < 4.78 is 7.45. The Morgan fingerprint density at radius 3 is 2.80 bits per heavy atom. The summed E-state index contributed by atoms with van der Waals surface area (Å²) in [5.41, 5.74) is 0. The van der Waals surface area contributed by atoms with Crippen LogP contribution < -0.4 is 10.1 Å². The first kappa shape index (κ1) is 14.4. The van der Waals surface area contributed by atoms with Crippen LogP contribution in [0, 0.1) is 0 Å². The van der Waals surface area contributed by atoms with Gasteiger partial charge in [-0.15, -0.1) is 10.2 Å². The number of rotatable bonds is 6. The number of hydrogen-bond acceptors (Lipinski definition) is 5. The van der Waals surface area contributed by atoms with Crippen molar-refractivity contribution < 1.29 is 9.53 Å². The quantitative estimate of drug-likeness (QED) is 0.811. The predicted molar refractivity (Wildman–Crippen MR) is 76.6 cm³/mol. The lowest BCUT2D eigenvalue weighted by Crippen LogP contribution is -2.20. The highest BCUT2D eigenvalue weighted by molar-refractivity contribution is 7.99. The Balaban J connectivity index is 1.93. The van der Waals surface area contributed by atoms with E-state index in [4.69, 9.17) is 4.74 Å². The minimum absolute atomic E-state index is 0.0416. The molecular weight excluding hydrogens is 276 g/mol. The van der Waals surface area contributed by atoms with Gasteiger partial charge in [0, 0.05) is 14.1 Å². The van der Waals surface area contributed by atoms with Crippen molar-refractivity contribution in [3.05, 3.63) is 36.2 Å². The summed E-state index contributed by atoms with van der Waals surface area (Å²) in [6.07, 6.45) is 0. The SMILES string of the molecule is CNC(=O)CSc1nnc(COc2ccccc2)n1C. The fraction of sp³-hybridized carbons (Fsp3) is 0.308. The summed E-state index contributed by atoms with van der Waals surface area (Å²) in [4.78, 5) is 11.2. The molecule has 20 heavy (non-hydrogen) atoms. The van der Waals surface area contributed by atoms with E-state index in [2.05, 4.69) is 15.5 Å². The van der Waals surface area contributed by atoms with Crippen molar-refractivity contribution in [1.82, 2.24) is 20.1 Å². The number of amides is 1. The first-order valence-corrected chi connectivity index (χ1v) is 7.08. The van der Waals surface area contributed by atoms with E-state index < -0.39 is 0 Å². The van der Waals surface area contributed by atoms with E-state index in [9.17, 15) is 4.79 Å². The highest BCUT2D eigenvalue weighted by atomic mass is 32.2. The Morgan fingerprint density at radius 1 is 1.35 bits per heavy atom. The normalized spacial score (nSPS) is 10.3. The van der Waals surface area contributed by atoms with Gasteiger partial charge in [-0.1, -0.05) is 30.0 Å². The van der Waals surface area contributed by atoms with Crippen LogP contribution in [0.2, 0.25) is 0 Å². The van der Waals surface area contributed by atoms with Crippen LogP contribution in [0.3, 0.4) is 0 Å². The van der Waals surface area contributed by atoms with Gasteiger partial charge in [-0.3, -0.25) is 4.79 Å². The third-order valence-corrected chi connectivity index (χ3v) is 3.67. The van der Waals surface area contributed by atoms with Gasteiger partial charge in [0.2, 0.25) is 5.91 Å². The highest BCUT2D eigenvalue weighted by Crippen LogP contribution is 2.16. The number of carbonyl (C=O) groups is 1. The fourth-order valence-corrected chi connectivity index (χ4v) is 2.27. The van der Waals surface area contributed by atoms with Crippen LogP contribution in [-0.4, -0.2) is 33.5 Å². The smallest absolute Gasteiger partial charge is 0.230 e. The Hall–Kier alpha value is -2.02. The largest absolute Gasteiger partial charge is 0.486 e. The average Bonchev–Trinajstić information content (AvgIpc) is 2.84. The third-order valence-electron chi connectivity index (χ3n) is 2.65. The first-order chi connectivity index (χ1) is 9.70. The van der Waals surface area contributed by atoms with E-state index in [0.717, 1.165) is 5.75 Å². The van der Waals surface area contributed by atoms with Gasteiger partial charge < -0.3 is 14.6 Å². The second-order valence-corrected chi connectivity index (χ2v) is 4.96. The van der Waals surface area contributed by atoms with E-state index in [1.54, 1.807) is 7.05 Å². The third kappa shape index (κ3) is 3.74. The van der Waals surface area contributed by atoms with Crippen molar-refractivity contribution in [2.24, 2.45) is 7.05 Å². The predicted octanol–water partition coefficient (Wildman–Crippen LogP) is 1.23. The van der Waals surface area contributed by atoms with E-state index >= 15 is 0 Å². The van der Waals surface area contributed by atoms with Crippen LogP contribution >= 0.6 is 11.8 Å². The minimum Gasteiger partial charge on any atom is -0.486 e. The molecule has 1 aromatic heterocycles. The number of ether oxygens (including phenoxy) is 1. The van der Waals surface area contributed by atoms with Gasteiger partial charge in [0.05, 0.1) is 5.75 Å². The highest BCUT2D eigenvalue weighted by Gasteiger charge is 2.11. The number of carbonyl (C=O) groups excluding carboxylic acids is 1. The number of aromatic nitrogens is 3. The van der Waals surface area contributed by atoms with Gasteiger partial charge in [0.25, 0.3) is 0 Å². The number of nitrogens with one attached hydrogen (secondary N) is 1. The summed E-state index contributed by atoms with van der Waals surface area (Å²) in [5, 5.41) is 11.4. The summed E-state index contributed by atoms with van der Waals surface area (Å²) in [6, 6.07) is 9.53. The Morgan fingerprint density at radius 2 is 2.10 bits per heavy atom. The maximum atomic E-state index is 11.2. The maximum Gasteiger partial charge on any atom is 0.230 e. The van der Waals surface area contributed by atoms with Gasteiger partial charge in [-0.25, -0.2) is 0 Å². The minimum atomic E-state index is -0.0416. The zero-order valence-electron chi connectivity index (χ0n) is 11.4. The van der Waals surface area contributed by atoms with Crippen molar-refractivity contribution in [3.63, 3.8) is 0 Å². The molecule has 0 aliphatic heterocycles. The molecule has 106 valence electrons. The molecule has 0 aliphatic rings. The fourth-order valence-electron chi connectivity index (χ4n) is 1.46. The summed E-state index contributed by atoms with van der Waals surface area (Å²) in [6.45, 7) is 0.341. The van der Waals surface area contributed by atoms with Gasteiger partial charge in [0.1, 0.15) is 12.4 Å². The van der Waals surface area contributed by atoms with Gasteiger partial charge in [-0.2, -0.15) is 0 Å². The van der Waals surface area contributed by atoms with Crippen molar-refractivity contribution in [2.75, 3.05) is 12.8 Å². The second kappa shape index (κ2) is 6.95. The molecule has 0 atom stereocenters. The lowest BCUT2D eigenvalue weighted by Gasteiger charge is -2.06. The topological polar surface area (TPSA) is 69.0 Å². The van der Waals surface area contributed by atoms with Crippen LogP contribution in [0.25, 0.3) is 0 Å². The van der Waals surface area contributed by atoms with Crippen LogP contribution in [-0.2, 0) is 18.4 Å². The summed E-state index contributed by atoms with van der Waals surface area (Å²) in [5.74, 6) is 1.78. The average molecular weight is 292 g/mol. The number of nitrogens with zero attached hydrogens (tertiary/aromatic N) is 3. The molecule has 0 aliphatic carbocycles. The molecule has 0 unspecified atom stereocenters. The number of hydrogen-bond donors (Lipinski definition) is 1. The molecular formula is C13H16N4O2S. The molecule has 1 aromatic carbocycles. The van der Waals surface area contributed by atoms with E-state index in [1.807, 2.05) is 41.9 Å². The van der Waals surface area contributed by atoms with Gasteiger partial charge in [-0.05, 0) is 12.1 Å². The van der Waals surface area contributed by atoms with Crippen LogP contribution in [0.5, 0.6) is 5.75 Å². The Kier molecular flexibility index (Phi) is 5.00. The zero-order chi connectivity index (χ0) is 14.4. The maximum absolute atomic E-state index is 11.2. The standard InChI is InChI=1S/C13H16N4O2S/c1-14-12(18)9-20-13-16-15-11(17(13)2)8-19-10-6-4-3-5-7-10/h3-7H,8-9H2,1-2H3,(H,14,18). The van der Waals surface area contributed by atoms with Gasteiger partial charge in [0.15, 0.2) is 11.0 Å². The lowest BCUT2D eigenvalue weighted by atomic mass is 10.3. The molecule has 0 radical (unpaired) electrons. The number of para-hydroxylation sites is 1. The summed E-state index contributed by atoms with van der Waals surface area (Å²) in [7, 11) is 3.47. The molecule has 0 saturated heterocycles. The second-order valence-electron chi connectivity index (χ2n) is 4.02. The molecule has 6 nitrogen and oxygen atoms in total. The van der Waals surface area contributed by atoms with Crippen LogP contribution in [0.4, 0.5) is 0 Å². The molecule has 0 bridgehead atoms. The lowest BCUT2D eigenvalue weighted by molar-refractivity contribution is -0.118. The van der Waals surface area contributed by atoms with E-state index in [-0.39, 0.29) is 5.91 Å². The molecule has 1 amide bonds. The molecule has 7 heteroatoms. The Bertz CT molecular complexity index is 571. The van der Waals surface area contributed by atoms with Crippen molar-refractivity contribution >= 4 is 17.7 Å². The van der Waals surface area contributed by atoms with Crippen LogP contribution in [0.15, 0.2) is 35.5 Å². The van der Waals surface area contributed by atoms with Crippen molar-refractivity contribution in [1.29, 1.82) is 0 Å². The summed E-state index contributed by atoms with van der Waals surface area (Å²) >= 11 is 1.34. The van der Waals surface area contributed by atoms with Crippen molar-refractivity contribution in [2.45, 2.75) is 11.8 Å². The molecule has 2 rings (SSSR count). The number of thioether (sulfide) groups is 1. The Labute approximate surface area is 121 Å². The zero-order valence-corrected chi connectivity index (χ0v) is 12.2. The molecule has 0 saturated carbocycles. The molecule has 0 spiro atoms. The van der Waals surface area contributed by atoms with E-state index in [1.165, 1.54) is 11.8 Å². The molecule has 0 fully saturated rings. The van der Waals surface area contributed by atoms with Crippen LogP contribution in [0.1, 0.15) is 5.82 Å². The molecule has 1 heterocycles. The van der Waals surface area contributed by atoms with Crippen molar-refractivity contribution in [3.8, 4) is 5.75 Å². The molecule has 2 aromatic rings. The monoisotopic (exact) mass is 292 g/mol. The molecule has 1 N–H and O–H groups in total. The number of benzene rings is 1. The van der Waals surface area contributed by atoms with Gasteiger partial charge >= 0.3 is 0 Å². The first-order valence-electron chi connectivity index (χ1n) is 6.10.